The van der Waals surface area contributed by atoms with Crippen molar-refractivity contribution >= 4 is 0 Å². The molecule has 0 amide bonds. The van der Waals surface area contributed by atoms with E-state index >= 15 is 0 Å². The Morgan fingerprint density at radius 2 is 1.19 bits per heavy atom. The second-order valence-electron chi connectivity index (χ2n) is 6.20. The lowest BCUT2D eigenvalue weighted by Crippen LogP contribution is -2.34. The summed E-state index contributed by atoms with van der Waals surface area (Å²) in [5, 5.41) is 0. The molecule has 0 fully saturated rings. The maximum Gasteiger partial charge on any atom is 0.250 e. The molecular formula is C20H22N6+2. The van der Waals surface area contributed by atoms with Crippen molar-refractivity contribution in [1.29, 1.82) is 0 Å². The summed E-state index contributed by atoms with van der Waals surface area (Å²) in [6.45, 7) is 2.00. The normalized spacial score (nSPS) is 10.9. The van der Waals surface area contributed by atoms with E-state index in [4.69, 9.17) is 0 Å². The van der Waals surface area contributed by atoms with Crippen molar-refractivity contribution in [3.05, 3.63) is 86.2 Å². The van der Waals surface area contributed by atoms with Crippen LogP contribution >= 0.6 is 0 Å². The van der Waals surface area contributed by atoms with Crippen LogP contribution in [-0.4, -0.2) is 19.1 Å². The van der Waals surface area contributed by atoms with Gasteiger partial charge in [0.05, 0.1) is 13.1 Å². The molecule has 4 aromatic rings. The summed E-state index contributed by atoms with van der Waals surface area (Å²) in [6, 6.07) is 11.9. The van der Waals surface area contributed by atoms with Gasteiger partial charge in [-0.1, -0.05) is 12.1 Å². The molecule has 0 unspecified atom stereocenters. The zero-order valence-corrected chi connectivity index (χ0v) is 14.6. The van der Waals surface area contributed by atoms with Gasteiger partial charge in [-0.25, -0.2) is 19.1 Å². The van der Waals surface area contributed by atoms with Gasteiger partial charge in [-0.05, 0) is 25.0 Å². The number of unbranched alkanes of at least 4 members (excludes halogenated alkanes) is 1. The fourth-order valence-electron chi connectivity index (χ4n) is 2.93. The average molecular weight is 346 g/mol. The van der Waals surface area contributed by atoms with Gasteiger partial charge < -0.3 is 0 Å². The molecule has 0 aromatic carbocycles. The maximum atomic E-state index is 4.36. The minimum atomic E-state index is 0.942. The lowest BCUT2D eigenvalue weighted by atomic mass is 10.3. The standard InChI is InChI=1S/C20H22N6/c1-3-9-21-19(7-1)25-15-13-23(17-25)11-5-6-12-24-14-16-26(18-24)20-8-2-4-10-22-20/h1-4,7-10,13-18H,5-6,11-12H2/q+2. The van der Waals surface area contributed by atoms with Gasteiger partial charge in [-0.2, -0.15) is 9.13 Å². The zero-order valence-electron chi connectivity index (χ0n) is 14.6. The Morgan fingerprint density at radius 3 is 1.62 bits per heavy atom. The minimum absolute atomic E-state index is 0.942. The summed E-state index contributed by atoms with van der Waals surface area (Å²) in [4.78, 5) is 8.73. The van der Waals surface area contributed by atoms with Gasteiger partial charge in [0.1, 0.15) is 24.8 Å². The van der Waals surface area contributed by atoms with E-state index in [1.165, 1.54) is 0 Å². The molecule has 26 heavy (non-hydrogen) atoms. The van der Waals surface area contributed by atoms with Crippen molar-refractivity contribution in [3.8, 4) is 11.6 Å². The van der Waals surface area contributed by atoms with Crippen LogP contribution in [0.2, 0.25) is 0 Å². The quantitative estimate of drug-likeness (QED) is 0.380. The first-order chi connectivity index (χ1) is 12.9. The Bertz CT molecular complexity index is 863. The Hall–Kier alpha value is -3.28. The van der Waals surface area contributed by atoms with E-state index in [0.29, 0.717) is 0 Å². The maximum absolute atomic E-state index is 4.36. The van der Waals surface area contributed by atoms with Crippen molar-refractivity contribution < 1.29 is 9.13 Å². The lowest BCUT2D eigenvalue weighted by molar-refractivity contribution is -0.707. The first-order valence-corrected chi connectivity index (χ1v) is 8.85. The number of hydrogen-bond acceptors (Lipinski definition) is 2. The van der Waals surface area contributed by atoms with E-state index in [2.05, 4.69) is 44.2 Å². The molecule has 0 aliphatic rings. The fourth-order valence-corrected chi connectivity index (χ4v) is 2.93. The molecule has 0 atom stereocenters. The van der Waals surface area contributed by atoms with Gasteiger partial charge in [0.2, 0.25) is 24.3 Å². The number of rotatable bonds is 7. The van der Waals surface area contributed by atoms with E-state index in [9.17, 15) is 0 Å². The summed E-state index contributed by atoms with van der Waals surface area (Å²) in [5.74, 6) is 1.88. The molecule has 130 valence electrons. The molecule has 0 saturated heterocycles. The molecule has 4 rings (SSSR count). The third-order valence-corrected chi connectivity index (χ3v) is 4.29. The molecule has 4 aromatic heterocycles. The number of nitrogens with zero attached hydrogens (tertiary/aromatic N) is 6. The molecule has 6 heteroatoms. The van der Waals surface area contributed by atoms with Crippen LogP contribution in [0.5, 0.6) is 0 Å². The smallest absolute Gasteiger partial charge is 0.236 e. The van der Waals surface area contributed by atoms with E-state index < -0.39 is 0 Å². The van der Waals surface area contributed by atoms with E-state index in [-0.39, 0.29) is 0 Å². The average Bonchev–Trinajstić information content (AvgIpc) is 3.37. The van der Waals surface area contributed by atoms with Crippen LogP contribution in [0.1, 0.15) is 12.8 Å². The predicted molar refractivity (Wildman–Crippen MR) is 96.8 cm³/mol. The minimum Gasteiger partial charge on any atom is -0.236 e. The highest BCUT2D eigenvalue weighted by molar-refractivity contribution is 5.20. The monoisotopic (exact) mass is 346 g/mol. The third kappa shape index (κ3) is 3.85. The molecule has 0 N–H and O–H groups in total. The number of hydrogen-bond donors (Lipinski definition) is 0. The zero-order chi connectivity index (χ0) is 17.6. The summed E-state index contributed by atoms with van der Waals surface area (Å²) in [6.07, 6.45) is 18.3. The van der Waals surface area contributed by atoms with Gasteiger partial charge in [0.15, 0.2) is 0 Å². The molecule has 0 spiro atoms. The molecule has 6 nitrogen and oxygen atoms in total. The Kier molecular flexibility index (Phi) is 4.82. The lowest BCUT2D eigenvalue weighted by Gasteiger charge is -1.97. The molecule has 4 heterocycles. The molecular weight excluding hydrogens is 324 g/mol. The number of imidazole rings is 2. The van der Waals surface area contributed by atoms with Gasteiger partial charge in [-0.15, -0.1) is 0 Å². The van der Waals surface area contributed by atoms with Crippen LogP contribution in [-0.2, 0) is 13.1 Å². The molecule has 0 aliphatic heterocycles. The summed E-state index contributed by atoms with van der Waals surface area (Å²) >= 11 is 0. The number of aromatic nitrogens is 6. The number of aryl methyl sites for hydroxylation is 2. The fraction of sp³-hybridized carbons (Fsp3) is 0.200. The van der Waals surface area contributed by atoms with Crippen LogP contribution in [0.3, 0.4) is 0 Å². The Labute approximate surface area is 152 Å². The second-order valence-corrected chi connectivity index (χ2v) is 6.20. The summed E-state index contributed by atoms with van der Waals surface area (Å²) < 4.78 is 8.50. The van der Waals surface area contributed by atoms with Gasteiger partial charge in [-0.3, -0.25) is 0 Å². The Morgan fingerprint density at radius 1 is 0.692 bits per heavy atom. The third-order valence-electron chi connectivity index (χ3n) is 4.29. The van der Waals surface area contributed by atoms with Gasteiger partial charge in [0.25, 0.3) is 0 Å². The van der Waals surface area contributed by atoms with Crippen LogP contribution in [0.25, 0.3) is 11.6 Å². The molecule has 0 saturated carbocycles. The molecule has 0 aliphatic carbocycles. The van der Waals surface area contributed by atoms with Crippen molar-refractivity contribution in [2.45, 2.75) is 25.9 Å². The van der Waals surface area contributed by atoms with E-state index in [1.807, 2.05) is 70.3 Å². The van der Waals surface area contributed by atoms with E-state index in [0.717, 1.165) is 37.6 Å². The van der Waals surface area contributed by atoms with Crippen LogP contribution in [0.4, 0.5) is 0 Å². The highest BCUT2D eigenvalue weighted by Gasteiger charge is 2.09. The van der Waals surface area contributed by atoms with Gasteiger partial charge in [0, 0.05) is 24.5 Å². The first kappa shape index (κ1) is 16.2. The Balaban J connectivity index is 1.27. The van der Waals surface area contributed by atoms with Gasteiger partial charge >= 0.3 is 0 Å². The topological polar surface area (TPSA) is 43.4 Å². The summed E-state index contributed by atoms with van der Waals surface area (Å²) in [7, 11) is 0. The van der Waals surface area contributed by atoms with Crippen molar-refractivity contribution in [2.75, 3.05) is 0 Å². The molecule has 0 bridgehead atoms. The van der Waals surface area contributed by atoms with Crippen LogP contribution in [0, 0.1) is 0 Å². The largest absolute Gasteiger partial charge is 0.250 e. The molecule has 0 radical (unpaired) electrons. The van der Waals surface area contributed by atoms with Crippen molar-refractivity contribution in [2.24, 2.45) is 0 Å². The second kappa shape index (κ2) is 7.74. The van der Waals surface area contributed by atoms with Crippen LogP contribution in [0.15, 0.2) is 86.2 Å². The highest BCUT2D eigenvalue weighted by Crippen LogP contribution is 2.02. The van der Waals surface area contributed by atoms with Crippen molar-refractivity contribution in [3.63, 3.8) is 0 Å². The van der Waals surface area contributed by atoms with Crippen molar-refractivity contribution in [1.82, 2.24) is 19.1 Å². The first-order valence-electron chi connectivity index (χ1n) is 8.85. The SMILES string of the molecule is c1ccc(-n2cc[n+](CCCC[n+]3ccn(-c4ccccn4)c3)c2)nc1. The summed E-state index contributed by atoms with van der Waals surface area (Å²) in [5.41, 5.74) is 0. The van der Waals surface area contributed by atoms with Crippen LogP contribution < -0.4 is 9.13 Å². The number of pyridine rings is 2. The highest BCUT2D eigenvalue weighted by atomic mass is 15.2. The predicted octanol–water partition coefficient (Wildman–Crippen LogP) is 2.11. The van der Waals surface area contributed by atoms with E-state index in [1.54, 1.807) is 0 Å².